The lowest BCUT2D eigenvalue weighted by atomic mass is 9.73. The van der Waals surface area contributed by atoms with Crippen LogP contribution in [0.5, 0.6) is 0 Å². The Morgan fingerprint density at radius 3 is 2.62 bits per heavy atom. The molecule has 0 saturated carbocycles. The molecule has 0 aromatic carbocycles. The number of amides is 1. The Bertz CT molecular complexity index is 440. The number of carbonyl (C=O) groups excluding carboxylic acids is 1. The van der Waals surface area contributed by atoms with Gasteiger partial charge in [-0.05, 0) is 31.8 Å². The Morgan fingerprint density at radius 2 is 2.05 bits per heavy atom. The molecule has 0 saturated heterocycles. The predicted molar refractivity (Wildman–Crippen MR) is 87.6 cm³/mol. The fraction of sp³-hybridized carbons (Fsp3) is 0.611. The molecule has 3 heteroatoms. The van der Waals surface area contributed by atoms with E-state index in [4.69, 9.17) is 0 Å². The Kier molecular flexibility index (Phi) is 5.97. The van der Waals surface area contributed by atoms with Crippen molar-refractivity contribution in [3.8, 4) is 0 Å². The number of hydrogen-bond acceptors (Lipinski definition) is 2. The van der Waals surface area contributed by atoms with Crippen molar-refractivity contribution in [2.45, 2.75) is 52.2 Å². The highest BCUT2D eigenvalue weighted by Gasteiger charge is 2.48. The third-order valence-corrected chi connectivity index (χ3v) is 4.79. The quantitative estimate of drug-likeness (QED) is 0.442. The molecule has 0 aromatic rings. The van der Waals surface area contributed by atoms with E-state index in [1.807, 2.05) is 45.1 Å². The molecule has 0 radical (unpaired) electrons. The third kappa shape index (κ3) is 3.46. The van der Waals surface area contributed by atoms with Gasteiger partial charge in [0.1, 0.15) is 0 Å². The first-order valence-corrected chi connectivity index (χ1v) is 7.80. The number of carbonyl (C=O) groups is 1. The standard InChI is InChI=1S/C18H29NO2/c1-6-8-9-12-15(3)16(20)19(5)18(21)14-11-10-13-17(18,4)7-2/h6,10-11,13-15,21H,1,7-9,12H2,2-5H3/t15-,17+,18+/m0/s1. The number of unbranched alkanes of at least 4 members (excludes halogenated alkanes) is 1. The second-order valence-electron chi connectivity index (χ2n) is 6.23. The molecule has 0 heterocycles. The lowest BCUT2D eigenvalue weighted by Crippen LogP contribution is -2.59. The summed E-state index contributed by atoms with van der Waals surface area (Å²) in [5.74, 6) is -0.111. The first-order valence-electron chi connectivity index (χ1n) is 7.80. The van der Waals surface area contributed by atoms with Crippen molar-refractivity contribution < 1.29 is 9.90 Å². The van der Waals surface area contributed by atoms with Gasteiger partial charge in [0.25, 0.3) is 0 Å². The maximum Gasteiger partial charge on any atom is 0.227 e. The van der Waals surface area contributed by atoms with E-state index in [0.717, 1.165) is 25.7 Å². The molecular weight excluding hydrogens is 262 g/mol. The van der Waals surface area contributed by atoms with Crippen molar-refractivity contribution in [1.29, 1.82) is 0 Å². The summed E-state index contributed by atoms with van der Waals surface area (Å²) in [7, 11) is 1.70. The van der Waals surface area contributed by atoms with Crippen LogP contribution < -0.4 is 0 Å². The van der Waals surface area contributed by atoms with Gasteiger partial charge in [0.2, 0.25) is 5.91 Å². The van der Waals surface area contributed by atoms with Crippen LogP contribution in [0.4, 0.5) is 0 Å². The van der Waals surface area contributed by atoms with E-state index in [2.05, 4.69) is 6.58 Å². The van der Waals surface area contributed by atoms with Crippen molar-refractivity contribution in [1.82, 2.24) is 4.90 Å². The van der Waals surface area contributed by atoms with Gasteiger partial charge in [-0.3, -0.25) is 4.79 Å². The highest BCUT2D eigenvalue weighted by molar-refractivity contribution is 5.79. The molecule has 0 aliphatic heterocycles. The van der Waals surface area contributed by atoms with Crippen LogP contribution >= 0.6 is 0 Å². The number of allylic oxidation sites excluding steroid dienone is 3. The van der Waals surface area contributed by atoms with Crippen LogP contribution in [-0.4, -0.2) is 28.7 Å². The molecule has 118 valence electrons. The second-order valence-corrected chi connectivity index (χ2v) is 6.23. The van der Waals surface area contributed by atoms with Crippen LogP contribution in [0, 0.1) is 11.3 Å². The predicted octanol–water partition coefficient (Wildman–Crippen LogP) is 3.67. The molecular formula is C18H29NO2. The van der Waals surface area contributed by atoms with Gasteiger partial charge in [-0.2, -0.15) is 0 Å². The molecule has 1 N–H and O–H groups in total. The Labute approximate surface area is 129 Å². The monoisotopic (exact) mass is 291 g/mol. The van der Waals surface area contributed by atoms with Gasteiger partial charge < -0.3 is 10.0 Å². The average molecular weight is 291 g/mol. The molecule has 0 fully saturated rings. The largest absolute Gasteiger partial charge is 0.366 e. The highest BCUT2D eigenvalue weighted by atomic mass is 16.3. The maximum absolute atomic E-state index is 12.6. The number of nitrogens with zero attached hydrogens (tertiary/aromatic N) is 1. The lowest BCUT2D eigenvalue weighted by Gasteiger charge is -2.48. The Balaban J connectivity index is 2.87. The summed E-state index contributed by atoms with van der Waals surface area (Å²) in [6.07, 6.45) is 12.8. The van der Waals surface area contributed by atoms with Gasteiger partial charge in [0, 0.05) is 18.4 Å². The van der Waals surface area contributed by atoms with Crippen LogP contribution in [0.2, 0.25) is 0 Å². The van der Waals surface area contributed by atoms with E-state index in [1.54, 1.807) is 13.1 Å². The van der Waals surface area contributed by atoms with Crippen molar-refractivity contribution in [2.75, 3.05) is 7.05 Å². The first kappa shape index (κ1) is 17.7. The van der Waals surface area contributed by atoms with Crippen LogP contribution in [0.1, 0.15) is 46.5 Å². The summed E-state index contributed by atoms with van der Waals surface area (Å²) in [5, 5.41) is 11.1. The molecule has 0 aromatic heterocycles. The minimum Gasteiger partial charge on any atom is -0.366 e. The van der Waals surface area contributed by atoms with E-state index in [0.29, 0.717) is 0 Å². The van der Waals surface area contributed by atoms with Crippen LogP contribution in [-0.2, 0) is 4.79 Å². The van der Waals surface area contributed by atoms with Crippen molar-refractivity contribution in [3.63, 3.8) is 0 Å². The van der Waals surface area contributed by atoms with Gasteiger partial charge in [0.05, 0.1) is 0 Å². The van der Waals surface area contributed by atoms with Gasteiger partial charge in [0.15, 0.2) is 5.72 Å². The summed E-state index contributed by atoms with van der Waals surface area (Å²) in [6.45, 7) is 9.64. The summed E-state index contributed by atoms with van der Waals surface area (Å²) in [5.41, 5.74) is -1.73. The Hall–Kier alpha value is -1.35. The minimum atomic E-state index is -1.26. The molecule has 1 rings (SSSR count). The maximum atomic E-state index is 12.6. The van der Waals surface area contributed by atoms with Gasteiger partial charge in [-0.25, -0.2) is 0 Å². The van der Waals surface area contributed by atoms with Crippen molar-refractivity contribution >= 4 is 5.91 Å². The van der Waals surface area contributed by atoms with Gasteiger partial charge >= 0.3 is 0 Å². The van der Waals surface area contributed by atoms with Crippen LogP contribution in [0.15, 0.2) is 37.0 Å². The summed E-state index contributed by atoms with van der Waals surface area (Å²) in [4.78, 5) is 14.1. The molecule has 0 unspecified atom stereocenters. The van der Waals surface area contributed by atoms with E-state index in [-0.39, 0.29) is 11.8 Å². The van der Waals surface area contributed by atoms with E-state index in [9.17, 15) is 9.90 Å². The summed E-state index contributed by atoms with van der Waals surface area (Å²) in [6, 6.07) is 0. The summed E-state index contributed by atoms with van der Waals surface area (Å²) >= 11 is 0. The molecule has 1 aliphatic carbocycles. The fourth-order valence-corrected chi connectivity index (χ4v) is 2.83. The SMILES string of the molecule is C=CCCC[C@H](C)C(=O)N(C)[C@@]1(O)C=CC=C[C@@]1(C)CC. The van der Waals surface area contributed by atoms with Crippen molar-refractivity contribution in [3.05, 3.63) is 37.0 Å². The number of rotatable bonds is 7. The zero-order chi connectivity index (χ0) is 16.1. The van der Waals surface area contributed by atoms with Gasteiger partial charge in [-0.1, -0.05) is 45.1 Å². The third-order valence-electron chi connectivity index (χ3n) is 4.79. The highest BCUT2D eigenvalue weighted by Crippen LogP contribution is 2.42. The number of hydrogen-bond donors (Lipinski definition) is 1. The molecule has 3 nitrogen and oxygen atoms in total. The van der Waals surface area contributed by atoms with E-state index >= 15 is 0 Å². The average Bonchev–Trinajstić information content (AvgIpc) is 2.48. The molecule has 1 aliphatic rings. The minimum absolute atomic E-state index is 0.0128. The Morgan fingerprint density at radius 1 is 1.43 bits per heavy atom. The fourth-order valence-electron chi connectivity index (χ4n) is 2.83. The number of likely N-dealkylation sites (N-methyl/N-ethyl adjacent to an activating group) is 1. The molecule has 21 heavy (non-hydrogen) atoms. The molecule has 0 bridgehead atoms. The number of aliphatic hydroxyl groups is 1. The second kappa shape index (κ2) is 7.08. The van der Waals surface area contributed by atoms with Crippen molar-refractivity contribution in [2.24, 2.45) is 11.3 Å². The molecule has 1 amide bonds. The summed E-state index contributed by atoms with van der Waals surface area (Å²) < 4.78 is 0. The van der Waals surface area contributed by atoms with E-state index in [1.165, 1.54) is 4.90 Å². The zero-order valence-corrected chi connectivity index (χ0v) is 13.8. The molecule has 3 atom stereocenters. The topological polar surface area (TPSA) is 40.5 Å². The normalized spacial score (nSPS) is 29.2. The van der Waals surface area contributed by atoms with Crippen LogP contribution in [0.3, 0.4) is 0 Å². The first-order chi connectivity index (χ1) is 9.82. The lowest BCUT2D eigenvalue weighted by molar-refractivity contribution is -0.168. The van der Waals surface area contributed by atoms with Gasteiger partial charge in [-0.15, -0.1) is 6.58 Å². The van der Waals surface area contributed by atoms with Crippen LogP contribution in [0.25, 0.3) is 0 Å². The molecule has 0 spiro atoms. The zero-order valence-electron chi connectivity index (χ0n) is 13.8. The smallest absolute Gasteiger partial charge is 0.227 e. The van der Waals surface area contributed by atoms with E-state index < -0.39 is 11.1 Å².